The summed E-state index contributed by atoms with van der Waals surface area (Å²) in [7, 11) is 0. The van der Waals surface area contributed by atoms with Crippen molar-refractivity contribution in [3.05, 3.63) is 42.2 Å². The fraction of sp³-hybridized carbons (Fsp3) is 0.500. The Kier molecular flexibility index (Phi) is 5.90. The summed E-state index contributed by atoms with van der Waals surface area (Å²) < 4.78 is 5.52. The lowest BCUT2D eigenvalue weighted by molar-refractivity contribution is 0.107. The maximum absolute atomic E-state index is 5.52. The Morgan fingerprint density at radius 3 is 2.67 bits per heavy atom. The van der Waals surface area contributed by atoms with Gasteiger partial charge in [0, 0.05) is 19.2 Å². The number of aromatic nitrogens is 3. The van der Waals surface area contributed by atoms with Crippen molar-refractivity contribution < 1.29 is 4.74 Å². The topological polar surface area (TPSA) is 52.0 Å². The molecule has 2 aromatic rings. The quantitative estimate of drug-likeness (QED) is 0.810. The van der Waals surface area contributed by atoms with Gasteiger partial charge >= 0.3 is 0 Å². The SMILES string of the molecule is CCOCC(NCc1cnn(-c2ccccc2)n1)C(C)C. The third kappa shape index (κ3) is 4.65. The number of nitrogens with one attached hydrogen (secondary N) is 1. The molecule has 0 spiro atoms. The minimum Gasteiger partial charge on any atom is -0.380 e. The molecule has 0 aliphatic rings. The Morgan fingerprint density at radius 1 is 1.24 bits per heavy atom. The molecular formula is C16H24N4O. The summed E-state index contributed by atoms with van der Waals surface area (Å²) in [6, 6.07) is 10.2. The Bertz CT molecular complexity index is 524. The fourth-order valence-corrected chi connectivity index (χ4v) is 2.03. The molecule has 1 aromatic carbocycles. The zero-order valence-electron chi connectivity index (χ0n) is 13.0. The maximum Gasteiger partial charge on any atom is 0.0969 e. The highest BCUT2D eigenvalue weighted by atomic mass is 16.5. The summed E-state index contributed by atoms with van der Waals surface area (Å²) in [5, 5.41) is 12.3. The predicted molar refractivity (Wildman–Crippen MR) is 83.3 cm³/mol. The van der Waals surface area contributed by atoms with Gasteiger partial charge in [-0.05, 0) is 25.0 Å². The third-order valence-electron chi connectivity index (χ3n) is 3.38. The third-order valence-corrected chi connectivity index (χ3v) is 3.38. The van der Waals surface area contributed by atoms with E-state index in [-0.39, 0.29) is 0 Å². The van der Waals surface area contributed by atoms with Crippen molar-refractivity contribution in [3.63, 3.8) is 0 Å². The summed E-state index contributed by atoms with van der Waals surface area (Å²) in [5.41, 5.74) is 1.90. The van der Waals surface area contributed by atoms with Crippen LogP contribution in [0.15, 0.2) is 36.5 Å². The van der Waals surface area contributed by atoms with Crippen molar-refractivity contribution in [1.29, 1.82) is 0 Å². The Labute approximate surface area is 126 Å². The van der Waals surface area contributed by atoms with E-state index in [2.05, 4.69) is 29.4 Å². The molecule has 1 N–H and O–H groups in total. The van der Waals surface area contributed by atoms with Gasteiger partial charge in [-0.2, -0.15) is 15.0 Å². The van der Waals surface area contributed by atoms with Crippen LogP contribution >= 0.6 is 0 Å². The zero-order valence-corrected chi connectivity index (χ0v) is 13.0. The van der Waals surface area contributed by atoms with Crippen molar-refractivity contribution >= 4 is 0 Å². The van der Waals surface area contributed by atoms with Gasteiger partial charge in [-0.1, -0.05) is 32.0 Å². The van der Waals surface area contributed by atoms with Gasteiger partial charge < -0.3 is 10.1 Å². The average molecular weight is 288 g/mol. The summed E-state index contributed by atoms with van der Waals surface area (Å²) in [6.45, 7) is 8.57. The van der Waals surface area contributed by atoms with Gasteiger partial charge in [-0.25, -0.2) is 0 Å². The van der Waals surface area contributed by atoms with Crippen LogP contribution in [-0.2, 0) is 11.3 Å². The minimum absolute atomic E-state index is 0.326. The van der Waals surface area contributed by atoms with Gasteiger partial charge in [0.15, 0.2) is 0 Å². The van der Waals surface area contributed by atoms with E-state index < -0.39 is 0 Å². The number of hydrogen-bond acceptors (Lipinski definition) is 4. The molecular weight excluding hydrogens is 264 g/mol. The molecule has 5 heteroatoms. The molecule has 0 saturated carbocycles. The Morgan fingerprint density at radius 2 is 2.00 bits per heavy atom. The maximum atomic E-state index is 5.52. The van der Waals surface area contributed by atoms with Crippen molar-refractivity contribution in [1.82, 2.24) is 20.3 Å². The van der Waals surface area contributed by atoms with Crippen LogP contribution in [0.5, 0.6) is 0 Å². The first kappa shape index (κ1) is 15.7. The Hall–Kier alpha value is -1.72. The molecule has 0 saturated heterocycles. The normalized spacial score (nSPS) is 12.8. The van der Waals surface area contributed by atoms with E-state index in [1.165, 1.54) is 0 Å². The molecule has 0 radical (unpaired) electrons. The van der Waals surface area contributed by atoms with Gasteiger partial charge in [-0.3, -0.25) is 0 Å². The van der Waals surface area contributed by atoms with Crippen LogP contribution in [0.2, 0.25) is 0 Å². The monoisotopic (exact) mass is 288 g/mol. The molecule has 1 aromatic heterocycles. The predicted octanol–water partition coefficient (Wildman–Crippen LogP) is 2.42. The molecule has 21 heavy (non-hydrogen) atoms. The molecule has 1 unspecified atom stereocenters. The van der Waals surface area contributed by atoms with Crippen LogP contribution in [0.3, 0.4) is 0 Å². The molecule has 114 valence electrons. The highest BCUT2D eigenvalue weighted by Crippen LogP contribution is 2.06. The molecule has 0 bridgehead atoms. The van der Waals surface area contributed by atoms with Crippen molar-refractivity contribution in [3.8, 4) is 5.69 Å². The first-order valence-corrected chi connectivity index (χ1v) is 7.48. The number of rotatable bonds is 8. The molecule has 0 aliphatic carbocycles. The standard InChI is InChI=1S/C16H24N4O/c1-4-21-12-16(13(2)3)17-10-14-11-18-20(19-14)15-8-6-5-7-9-15/h5-9,11,13,16-17H,4,10,12H2,1-3H3. The highest BCUT2D eigenvalue weighted by Gasteiger charge is 2.13. The van der Waals surface area contributed by atoms with Crippen molar-refractivity contribution in [2.24, 2.45) is 5.92 Å². The van der Waals surface area contributed by atoms with Crippen LogP contribution in [-0.4, -0.2) is 34.2 Å². The van der Waals surface area contributed by atoms with Crippen molar-refractivity contribution in [2.75, 3.05) is 13.2 Å². The molecule has 0 amide bonds. The molecule has 0 aliphatic heterocycles. The van der Waals surface area contributed by atoms with Crippen LogP contribution in [0, 0.1) is 5.92 Å². The first-order valence-electron chi connectivity index (χ1n) is 7.48. The second-order valence-corrected chi connectivity index (χ2v) is 5.35. The summed E-state index contributed by atoms with van der Waals surface area (Å²) >= 11 is 0. The summed E-state index contributed by atoms with van der Waals surface area (Å²) in [6.07, 6.45) is 1.80. The lowest BCUT2D eigenvalue weighted by Crippen LogP contribution is -2.37. The van der Waals surface area contributed by atoms with Gasteiger partial charge in [0.05, 0.1) is 24.2 Å². The smallest absolute Gasteiger partial charge is 0.0969 e. The van der Waals surface area contributed by atoms with Gasteiger partial charge in [-0.15, -0.1) is 0 Å². The first-order chi connectivity index (χ1) is 10.2. The van der Waals surface area contributed by atoms with E-state index in [1.807, 2.05) is 37.3 Å². The fourth-order valence-electron chi connectivity index (χ4n) is 2.03. The van der Waals surface area contributed by atoms with Crippen LogP contribution in [0.4, 0.5) is 0 Å². The number of hydrogen-bond donors (Lipinski definition) is 1. The zero-order chi connectivity index (χ0) is 15.1. The lowest BCUT2D eigenvalue weighted by Gasteiger charge is -2.21. The Balaban J connectivity index is 1.93. The van der Waals surface area contributed by atoms with E-state index in [4.69, 9.17) is 4.74 Å². The minimum atomic E-state index is 0.326. The van der Waals surface area contributed by atoms with E-state index >= 15 is 0 Å². The number of nitrogens with zero attached hydrogens (tertiary/aromatic N) is 3. The van der Waals surface area contributed by atoms with Crippen LogP contribution in [0.25, 0.3) is 5.69 Å². The second-order valence-electron chi connectivity index (χ2n) is 5.35. The number of para-hydroxylation sites is 1. The summed E-state index contributed by atoms with van der Waals surface area (Å²) in [5.74, 6) is 0.515. The van der Waals surface area contributed by atoms with E-state index in [0.717, 1.165) is 24.6 Å². The van der Waals surface area contributed by atoms with Crippen LogP contribution < -0.4 is 5.32 Å². The van der Waals surface area contributed by atoms with E-state index in [1.54, 1.807) is 11.0 Å². The largest absolute Gasteiger partial charge is 0.380 e. The molecule has 2 rings (SSSR count). The highest BCUT2D eigenvalue weighted by molar-refractivity contribution is 5.28. The molecule has 5 nitrogen and oxygen atoms in total. The number of ether oxygens (including phenoxy) is 1. The van der Waals surface area contributed by atoms with Crippen molar-refractivity contribution in [2.45, 2.75) is 33.4 Å². The lowest BCUT2D eigenvalue weighted by atomic mass is 10.1. The molecule has 1 heterocycles. The van der Waals surface area contributed by atoms with Gasteiger partial charge in [0.1, 0.15) is 0 Å². The number of benzene rings is 1. The van der Waals surface area contributed by atoms with E-state index in [0.29, 0.717) is 18.5 Å². The van der Waals surface area contributed by atoms with E-state index in [9.17, 15) is 0 Å². The van der Waals surface area contributed by atoms with Gasteiger partial charge in [0.2, 0.25) is 0 Å². The second kappa shape index (κ2) is 7.90. The van der Waals surface area contributed by atoms with Crippen LogP contribution in [0.1, 0.15) is 26.5 Å². The molecule has 0 fully saturated rings. The molecule has 1 atom stereocenters. The average Bonchev–Trinajstić information content (AvgIpc) is 2.97. The van der Waals surface area contributed by atoms with Gasteiger partial charge in [0.25, 0.3) is 0 Å². The summed E-state index contributed by atoms with van der Waals surface area (Å²) in [4.78, 5) is 1.66.